The third kappa shape index (κ3) is 3.72. The van der Waals surface area contributed by atoms with Crippen LogP contribution in [0.5, 0.6) is 11.5 Å². The molecule has 1 aromatic heterocycles. The fourth-order valence-corrected chi connectivity index (χ4v) is 3.25. The molecular formula is C19H19N3O3S. The highest BCUT2D eigenvalue weighted by Crippen LogP contribution is 2.33. The van der Waals surface area contributed by atoms with Crippen molar-refractivity contribution < 1.29 is 14.3 Å². The van der Waals surface area contributed by atoms with E-state index in [1.165, 1.54) is 11.8 Å². The zero-order chi connectivity index (χ0) is 18.5. The van der Waals surface area contributed by atoms with Gasteiger partial charge in [-0.3, -0.25) is 9.36 Å². The molecule has 0 saturated carbocycles. The average molecular weight is 369 g/mol. The fraction of sp³-hybridized carbons (Fsp3) is 0.211. The summed E-state index contributed by atoms with van der Waals surface area (Å²) in [5.41, 5.74) is 1.77. The van der Waals surface area contributed by atoms with E-state index < -0.39 is 0 Å². The number of nitrogens with zero attached hydrogens (tertiary/aromatic N) is 3. The fourth-order valence-electron chi connectivity index (χ4n) is 2.50. The van der Waals surface area contributed by atoms with Crippen LogP contribution in [-0.2, 0) is 4.79 Å². The Kier molecular flexibility index (Phi) is 5.58. The summed E-state index contributed by atoms with van der Waals surface area (Å²) in [6.45, 7) is 1.56. The molecule has 3 aromatic rings. The monoisotopic (exact) mass is 369 g/mol. The summed E-state index contributed by atoms with van der Waals surface area (Å²) in [4.78, 5) is 11.4. The zero-order valence-corrected chi connectivity index (χ0v) is 15.6. The first-order chi connectivity index (χ1) is 12.6. The normalized spacial score (nSPS) is 10.6. The van der Waals surface area contributed by atoms with Crippen LogP contribution in [0.15, 0.2) is 53.7 Å². The number of benzene rings is 2. The van der Waals surface area contributed by atoms with Crippen molar-refractivity contribution in [3.05, 3.63) is 48.5 Å². The lowest BCUT2D eigenvalue weighted by atomic mass is 10.2. The number of Topliss-reactive ketones (excluding diaryl/α,β-unsaturated/α-hetero) is 1. The third-order valence-corrected chi connectivity index (χ3v) is 4.77. The minimum absolute atomic E-state index is 0.0816. The van der Waals surface area contributed by atoms with Crippen molar-refractivity contribution in [3.63, 3.8) is 0 Å². The van der Waals surface area contributed by atoms with E-state index in [4.69, 9.17) is 9.47 Å². The van der Waals surface area contributed by atoms with Crippen molar-refractivity contribution in [3.8, 4) is 28.6 Å². The summed E-state index contributed by atoms with van der Waals surface area (Å²) in [7, 11) is 3.19. The van der Waals surface area contributed by atoms with Crippen LogP contribution in [-0.4, -0.2) is 40.5 Å². The number of rotatable bonds is 7. The van der Waals surface area contributed by atoms with Crippen LogP contribution in [0, 0.1) is 0 Å². The molecule has 0 fully saturated rings. The molecule has 0 amide bonds. The van der Waals surface area contributed by atoms with E-state index in [0.29, 0.717) is 28.2 Å². The summed E-state index contributed by atoms with van der Waals surface area (Å²) in [5.74, 6) is 2.37. The third-order valence-electron chi connectivity index (χ3n) is 3.70. The van der Waals surface area contributed by atoms with Gasteiger partial charge >= 0.3 is 0 Å². The van der Waals surface area contributed by atoms with Crippen LogP contribution in [0.2, 0.25) is 0 Å². The molecule has 0 aliphatic heterocycles. The first kappa shape index (κ1) is 18.0. The van der Waals surface area contributed by atoms with E-state index in [1.807, 2.05) is 53.1 Å². The minimum Gasteiger partial charge on any atom is -0.493 e. The highest BCUT2D eigenvalue weighted by molar-refractivity contribution is 7.99. The molecule has 0 saturated heterocycles. The molecule has 0 atom stereocenters. The molecule has 7 heteroatoms. The average Bonchev–Trinajstić information content (AvgIpc) is 3.10. The maximum atomic E-state index is 11.4. The Bertz CT molecular complexity index is 910. The quantitative estimate of drug-likeness (QED) is 0.593. The summed E-state index contributed by atoms with van der Waals surface area (Å²) < 4.78 is 12.7. The van der Waals surface area contributed by atoms with Gasteiger partial charge in [0.2, 0.25) is 0 Å². The molecule has 0 spiro atoms. The predicted octanol–water partition coefficient (Wildman–Crippen LogP) is 3.63. The molecule has 3 rings (SSSR count). The van der Waals surface area contributed by atoms with Crippen LogP contribution >= 0.6 is 11.8 Å². The van der Waals surface area contributed by atoms with E-state index in [-0.39, 0.29) is 5.78 Å². The molecule has 134 valence electrons. The number of carbonyl (C=O) groups excluding carboxylic acids is 1. The first-order valence-electron chi connectivity index (χ1n) is 7.99. The van der Waals surface area contributed by atoms with Gasteiger partial charge in [-0.15, -0.1) is 10.2 Å². The summed E-state index contributed by atoms with van der Waals surface area (Å²) >= 11 is 1.36. The summed E-state index contributed by atoms with van der Waals surface area (Å²) in [6.07, 6.45) is 0. The van der Waals surface area contributed by atoms with Crippen LogP contribution in [0.3, 0.4) is 0 Å². The highest BCUT2D eigenvalue weighted by atomic mass is 32.2. The number of ketones is 1. The predicted molar refractivity (Wildman–Crippen MR) is 101 cm³/mol. The molecule has 6 nitrogen and oxygen atoms in total. The van der Waals surface area contributed by atoms with Gasteiger partial charge in [0, 0.05) is 11.6 Å². The van der Waals surface area contributed by atoms with Crippen molar-refractivity contribution in [2.75, 3.05) is 20.0 Å². The van der Waals surface area contributed by atoms with Crippen LogP contribution in [0.1, 0.15) is 6.92 Å². The molecule has 0 aliphatic rings. The van der Waals surface area contributed by atoms with Crippen molar-refractivity contribution in [1.82, 2.24) is 14.8 Å². The Hall–Kier alpha value is -2.80. The standard InChI is InChI=1S/C19H19N3O3S/c1-13(23)12-26-19-21-20-18(14-7-5-4-6-8-14)22(19)15-9-10-16(24-2)17(11-15)25-3/h4-11H,12H2,1-3H3. The van der Waals surface area contributed by atoms with Gasteiger partial charge in [0.05, 0.1) is 25.7 Å². The zero-order valence-electron chi connectivity index (χ0n) is 14.8. The number of aromatic nitrogens is 3. The lowest BCUT2D eigenvalue weighted by Gasteiger charge is -2.13. The molecule has 0 unspecified atom stereocenters. The second kappa shape index (κ2) is 8.05. The van der Waals surface area contributed by atoms with Crippen LogP contribution in [0.4, 0.5) is 0 Å². The van der Waals surface area contributed by atoms with Gasteiger partial charge < -0.3 is 9.47 Å². The minimum atomic E-state index is 0.0816. The van der Waals surface area contributed by atoms with E-state index in [1.54, 1.807) is 21.1 Å². The van der Waals surface area contributed by atoms with Gasteiger partial charge in [0.1, 0.15) is 5.78 Å². The largest absolute Gasteiger partial charge is 0.493 e. The van der Waals surface area contributed by atoms with Crippen LogP contribution in [0.25, 0.3) is 17.1 Å². The van der Waals surface area contributed by atoms with Crippen molar-refractivity contribution in [2.24, 2.45) is 0 Å². The Morgan fingerprint density at radius 1 is 1.04 bits per heavy atom. The summed E-state index contributed by atoms with van der Waals surface area (Å²) in [6, 6.07) is 15.4. The van der Waals surface area contributed by atoms with Crippen LogP contribution < -0.4 is 9.47 Å². The Morgan fingerprint density at radius 2 is 1.77 bits per heavy atom. The number of carbonyl (C=O) groups is 1. The van der Waals surface area contributed by atoms with E-state index in [2.05, 4.69) is 10.2 Å². The molecule has 1 heterocycles. The first-order valence-corrected chi connectivity index (χ1v) is 8.98. The molecule has 0 bridgehead atoms. The van der Waals surface area contributed by atoms with Crippen molar-refractivity contribution in [1.29, 1.82) is 0 Å². The maximum Gasteiger partial charge on any atom is 0.196 e. The van der Waals surface area contributed by atoms with Gasteiger partial charge in [-0.25, -0.2) is 0 Å². The number of hydrogen-bond acceptors (Lipinski definition) is 6. The Labute approximate surface area is 156 Å². The van der Waals surface area contributed by atoms with Gasteiger partial charge in [0.15, 0.2) is 22.5 Å². The number of thioether (sulfide) groups is 1. The van der Waals surface area contributed by atoms with Crippen molar-refractivity contribution >= 4 is 17.5 Å². The van der Waals surface area contributed by atoms with E-state index >= 15 is 0 Å². The molecule has 0 N–H and O–H groups in total. The second-order valence-electron chi connectivity index (χ2n) is 5.54. The molecule has 26 heavy (non-hydrogen) atoms. The Balaban J connectivity index is 2.13. The van der Waals surface area contributed by atoms with Gasteiger partial charge in [-0.05, 0) is 19.1 Å². The number of hydrogen-bond donors (Lipinski definition) is 0. The molecular weight excluding hydrogens is 350 g/mol. The van der Waals surface area contributed by atoms with E-state index in [9.17, 15) is 4.79 Å². The highest BCUT2D eigenvalue weighted by Gasteiger charge is 2.18. The smallest absolute Gasteiger partial charge is 0.196 e. The van der Waals surface area contributed by atoms with E-state index in [0.717, 1.165) is 11.3 Å². The lowest BCUT2D eigenvalue weighted by Crippen LogP contribution is -2.02. The maximum absolute atomic E-state index is 11.4. The summed E-state index contributed by atoms with van der Waals surface area (Å²) in [5, 5.41) is 9.28. The SMILES string of the molecule is COc1ccc(-n2c(SCC(C)=O)nnc2-c2ccccc2)cc1OC. The molecule has 0 radical (unpaired) electrons. The van der Waals surface area contributed by atoms with Gasteiger partial charge in [0.25, 0.3) is 0 Å². The van der Waals surface area contributed by atoms with Crippen molar-refractivity contribution in [2.45, 2.75) is 12.1 Å². The molecule has 0 aliphatic carbocycles. The second-order valence-corrected chi connectivity index (χ2v) is 6.48. The number of ether oxygens (including phenoxy) is 2. The molecule has 2 aromatic carbocycles. The van der Waals surface area contributed by atoms with Gasteiger partial charge in [-0.1, -0.05) is 42.1 Å². The topological polar surface area (TPSA) is 66.2 Å². The van der Waals surface area contributed by atoms with Gasteiger partial charge in [-0.2, -0.15) is 0 Å². The lowest BCUT2D eigenvalue weighted by molar-refractivity contribution is -0.114. The Morgan fingerprint density at radius 3 is 2.42 bits per heavy atom. The number of methoxy groups -OCH3 is 2.